The molecule has 0 spiro atoms. The second-order valence-corrected chi connectivity index (χ2v) is 7.38. The van der Waals surface area contributed by atoms with Crippen LogP contribution >= 0.6 is 0 Å². The van der Waals surface area contributed by atoms with E-state index in [1.807, 2.05) is 30.3 Å². The zero-order valence-electron chi connectivity index (χ0n) is 17.8. The van der Waals surface area contributed by atoms with Crippen molar-refractivity contribution in [3.05, 3.63) is 65.7 Å². The summed E-state index contributed by atoms with van der Waals surface area (Å²) in [6, 6.07) is 14.0. The van der Waals surface area contributed by atoms with E-state index in [2.05, 4.69) is 10.6 Å². The van der Waals surface area contributed by atoms with Gasteiger partial charge in [0, 0.05) is 6.42 Å². The first-order valence-corrected chi connectivity index (χ1v) is 9.93. The van der Waals surface area contributed by atoms with Gasteiger partial charge in [-0.25, -0.2) is 9.59 Å². The second kappa shape index (κ2) is 11.6. The van der Waals surface area contributed by atoms with Crippen LogP contribution in [0.3, 0.4) is 0 Å². The molecule has 8 nitrogen and oxygen atoms in total. The van der Waals surface area contributed by atoms with Crippen molar-refractivity contribution in [1.29, 1.82) is 0 Å². The molecule has 8 heteroatoms. The van der Waals surface area contributed by atoms with E-state index in [1.165, 1.54) is 0 Å². The van der Waals surface area contributed by atoms with Gasteiger partial charge in [-0.3, -0.25) is 4.79 Å². The fourth-order valence-corrected chi connectivity index (χ4v) is 2.89. The fraction of sp³-hybridized carbons (Fsp3) is 0.348. The summed E-state index contributed by atoms with van der Waals surface area (Å²) in [6.07, 6.45) is -0.659. The van der Waals surface area contributed by atoms with E-state index >= 15 is 0 Å². The average Bonchev–Trinajstić information content (AvgIpc) is 2.76. The van der Waals surface area contributed by atoms with Crippen LogP contribution < -0.4 is 15.4 Å². The summed E-state index contributed by atoms with van der Waals surface area (Å²) in [5.74, 6) is -1.39. The lowest BCUT2D eigenvalue weighted by Crippen LogP contribution is -2.54. The van der Waals surface area contributed by atoms with E-state index in [0.29, 0.717) is 5.75 Å². The van der Waals surface area contributed by atoms with Crippen molar-refractivity contribution in [3.8, 4) is 5.75 Å². The number of carbonyl (C=O) groups excluding carboxylic acids is 2. The number of aliphatic carboxylic acids is 1. The van der Waals surface area contributed by atoms with Crippen molar-refractivity contribution >= 4 is 18.0 Å². The van der Waals surface area contributed by atoms with Crippen LogP contribution in [0.1, 0.15) is 25.0 Å². The van der Waals surface area contributed by atoms with Gasteiger partial charge in [-0.05, 0) is 29.2 Å². The number of amides is 2. The molecule has 0 aliphatic rings. The molecule has 0 aliphatic heterocycles. The normalized spacial score (nSPS) is 12.5. The number of rotatable bonds is 10. The van der Waals surface area contributed by atoms with Gasteiger partial charge >= 0.3 is 12.1 Å². The SMILES string of the molecule is COc1ccc(C[C@H](NC(=O)[C@@H](NC(=O)OCc2ccccc2)C(C)C)C(=O)O)cc1. The van der Waals surface area contributed by atoms with Gasteiger partial charge in [0.2, 0.25) is 5.91 Å². The molecular weight excluding hydrogens is 400 g/mol. The summed E-state index contributed by atoms with van der Waals surface area (Å²) < 4.78 is 10.3. The molecule has 0 saturated heterocycles. The lowest BCUT2D eigenvalue weighted by molar-refractivity contribution is -0.142. The molecule has 0 unspecified atom stereocenters. The highest BCUT2D eigenvalue weighted by Gasteiger charge is 2.29. The van der Waals surface area contributed by atoms with Crippen LogP contribution in [0.5, 0.6) is 5.75 Å². The van der Waals surface area contributed by atoms with E-state index in [9.17, 15) is 19.5 Å². The molecule has 0 aliphatic carbocycles. The Kier molecular flexibility index (Phi) is 8.87. The number of nitrogens with one attached hydrogen (secondary N) is 2. The maximum Gasteiger partial charge on any atom is 0.408 e. The molecule has 0 bridgehead atoms. The predicted molar refractivity (Wildman–Crippen MR) is 115 cm³/mol. The molecular formula is C23H28N2O6. The molecule has 0 aromatic heterocycles. The van der Waals surface area contributed by atoms with Crippen LogP contribution in [-0.2, 0) is 27.4 Å². The number of ether oxygens (including phenoxy) is 2. The van der Waals surface area contributed by atoms with E-state index < -0.39 is 30.1 Å². The van der Waals surface area contributed by atoms with Crippen LogP contribution in [0.4, 0.5) is 4.79 Å². The first-order valence-electron chi connectivity index (χ1n) is 9.93. The third kappa shape index (κ3) is 7.65. The van der Waals surface area contributed by atoms with Crippen molar-refractivity contribution in [2.24, 2.45) is 5.92 Å². The zero-order valence-corrected chi connectivity index (χ0v) is 17.8. The monoisotopic (exact) mass is 428 g/mol. The lowest BCUT2D eigenvalue weighted by Gasteiger charge is -2.24. The predicted octanol–water partition coefficient (Wildman–Crippen LogP) is 2.76. The molecule has 2 atom stereocenters. The Balaban J connectivity index is 1.97. The molecule has 3 N–H and O–H groups in total. The summed E-state index contributed by atoms with van der Waals surface area (Å²) in [5, 5.41) is 14.6. The van der Waals surface area contributed by atoms with Crippen molar-refractivity contribution in [1.82, 2.24) is 10.6 Å². The summed E-state index contributed by atoms with van der Waals surface area (Å²) in [6.45, 7) is 3.57. The summed E-state index contributed by atoms with van der Waals surface area (Å²) in [4.78, 5) is 36.6. The number of alkyl carbamates (subject to hydrolysis) is 1. The molecule has 2 aromatic rings. The molecule has 166 valence electrons. The van der Waals surface area contributed by atoms with Crippen molar-refractivity contribution < 1.29 is 29.0 Å². The molecule has 2 amide bonds. The summed E-state index contributed by atoms with van der Waals surface area (Å²) in [7, 11) is 1.54. The number of carboxylic acids is 1. The van der Waals surface area contributed by atoms with Crippen LogP contribution in [0.2, 0.25) is 0 Å². The third-order valence-electron chi connectivity index (χ3n) is 4.65. The van der Waals surface area contributed by atoms with Gasteiger partial charge in [-0.15, -0.1) is 0 Å². The number of hydrogen-bond acceptors (Lipinski definition) is 5. The first-order chi connectivity index (χ1) is 14.8. The Hall–Kier alpha value is -3.55. The number of hydrogen-bond donors (Lipinski definition) is 3. The minimum Gasteiger partial charge on any atom is -0.497 e. The maximum absolute atomic E-state index is 12.7. The highest BCUT2D eigenvalue weighted by atomic mass is 16.5. The Bertz CT molecular complexity index is 867. The molecule has 2 aromatic carbocycles. The van der Waals surface area contributed by atoms with Crippen LogP contribution in [0.15, 0.2) is 54.6 Å². The average molecular weight is 428 g/mol. The molecule has 0 heterocycles. The number of carbonyl (C=O) groups is 3. The Labute approximate surface area is 181 Å². The largest absolute Gasteiger partial charge is 0.497 e. The standard InChI is InChI=1S/C23H28N2O6/c1-15(2)20(25-23(29)31-14-17-7-5-4-6-8-17)21(26)24-19(22(27)28)13-16-9-11-18(30-3)12-10-16/h4-12,15,19-20H,13-14H2,1-3H3,(H,24,26)(H,25,29)(H,27,28)/t19-,20-/m0/s1. The van der Waals surface area contributed by atoms with Crippen molar-refractivity contribution in [2.45, 2.75) is 39.0 Å². The summed E-state index contributed by atoms with van der Waals surface area (Å²) >= 11 is 0. The van der Waals surface area contributed by atoms with Gasteiger partial charge in [-0.1, -0.05) is 56.3 Å². The van der Waals surface area contributed by atoms with Crippen LogP contribution in [0, 0.1) is 5.92 Å². The molecule has 31 heavy (non-hydrogen) atoms. The van der Waals surface area contributed by atoms with Gasteiger partial charge in [0.1, 0.15) is 24.4 Å². The molecule has 0 saturated carbocycles. The van der Waals surface area contributed by atoms with E-state index in [1.54, 1.807) is 45.2 Å². The molecule has 2 rings (SSSR count). The third-order valence-corrected chi connectivity index (χ3v) is 4.65. The van der Waals surface area contributed by atoms with Gasteiger partial charge in [0.05, 0.1) is 7.11 Å². The smallest absolute Gasteiger partial charge is 0.408 e. The van der Waals surface area contributed by atoms with E-state index in [-0.39, 0.29) is 18.9 Å². The Morgan fingerprint density at radius 3 is 2.13 bits per heavy atom. The quantitative estimate of drug-likeness (QED) is 0.536. The number of methoxy groups -OCH3 is 1. The van der Waals surface area contributed by atoms with Gasteiger partial charge in [0.15, 0.2) is 0 Å². The van der Waals surface area contributed by atoms with E-state index in [0.717, 1.165) is 11.1 Å². The minimum absolute atomic E-state index is 0.0638. The van der Waals surface area contributed by atoms with Gasteiger partial charge in [0.25, 0.3) is 0 Å². The minimum atomic E-state index is -1.17. The van der Waals surface area contributed by atoms with Crippen LogP contribution in [0.25, 0.3) is 0 Å². The van der Waals surface area contributed by atoms with Gasteiger partial charge < -0.3 is 25.2 Å². The Morgan fingerprint density at radius 1 is 0.935 bits per heavy atom. The zero-order chi connectivity index (χ0) is 22.8. The Morgan fingerprint density at radius 2 is 1.58 bits per heavy atom. The number of benzene rings is 2. The van der Waals surface area contributed by atoms with E-state index in [4.69, 9.17) is 9.47 Å². The second-order valence-electron chi connectivity index (χ2n) is 7.38. The molecule has 0 fully saturated rings. The highest BCUT2D eigenvalue weighted by Crippen LogP contribution is 2.13. The topological polar surface area (TPSA) is 114 Å². The molecule has 0 radical (unpaired) electrons. The van der Waals surface area contributed by atoms with Crippen molar-refractivity contribution in [3.63, 3.8) is 0 Å². The first kappa shape index (κ1) is 23.7. The number of carboxylic acid groups (broad SMARTS) is 1. The van der Waals surface area contributed by atoms with Crippen molar-refractivity contribution in [2.75, 3.05) is 7.11 Å². The van der Waals surface area contributed by atoms with Gasteiger partial charge in [-0.2, -0.15) is 0 Å². The lowest BCUT2D eigenvalue weighted by atomic mass is 10.0. The summed E-state index contributed by atoms with van der Waals surface area (Å²) in [5.41, 5.74) is 1.54. The maximum atomic E-state index is 12.7. The highest BCUT2D eigenvalue weighted by molar-refractivity contribution is 5.89. The fourth-order valence-electron chi connectivity index (χ4n) is 2.89. The van der Waals surface area contributed by atoms with Crippen LogP contribution in [-0.4, -0.2) is 42.3 Å².